The van der Waals surface area contributed by atoms with Crippen LogP contribution in [0.1, 0.15) is 53.4 Å². The van der Waals surface area contributed by atoms with Gasteiger partial charge in [0.1, 0.15) is 11.1 Å². The van der Waals surface area contributed by atoms with Crippen molar-refractivity contribution in [1.82, 2.24) is 5.32 Å². The van der Waals surface area contributed by atoms with Crippen molar-refractivity contribution in [3.8, 4) is 6.07 Å². The molecule has 1 saturated carbocycles. The average molecular weight is 238 g/mol. The number of hydrogen-bond donors (Lipinski definition) is 1. The summed E-state index contributed by atoms with van der Waals surface area (Å²) in [5.41, 5.74) is -1.25. The average Bonchev–Trinajstić information content (AvgIpc) is 2.19. The highest BCUT2D eigenvalue weighted by Crippen LogP contribution is 2.31. The summed E-state index contributed by atoms with van der Waals surface area (Å²) in [7, 11) is 0. The zero-order chi connectivity index (χ0) is 13.1. The lowest BCUT2D eigenvalue weighted by molar-refractivity contribution is 0.0453. The van der Waals surface area contributed by atoms with E-state index in [2.05, 4.69) is 18.3 Å². The molecule has 0 saturated heterocycles. The first kappa shape index (κ1) is 13.8. The molecule has 4 heteroatoms. The van der Waals surface area contributed by atoms with Crippen molar-refractivity contribution in [3.05, 3.63) is 0 Å². The van der Waals surface area contributed by atoms with Gasteiger partial charge in [-0.3, -0.25) is 0 Å². The Bertz CT molecular complexity index is 317. The second-order valence-corrected chi connectivity index (χ2v) is 6.00. The molecule has 0 bridgehead atoms. The monoisotopic (exact) mass is 238 g/mol. The summed E-state index contributed by atoms with van der Waals surface area (Å²) in [6.07, 6.45) is 2.88. The van der Waals surface area contributed by atoms with Gasteiger partial charge in [-0.2, -0.15) is 5.26 Å². The van der Waals surface area contributed by atoms with Crippen molar-refractivity contribution in [2.45, 2.75) is 64.5 Å². The first-order valence-electron chi connectivity index (χ1n) is 6.19. The van der Waals surface area contributed by atoms with Crippen molar-refractivity contribution in [2.75, 3.05) is 0 Å². The number of hydrogen-bond acceptors (Lipinski definition) is 3. The number of nitrogens with one attached hydrogen (secondary N) is 1. The number of rotatable bonds is 1. The number of ether oxygens (including phenoxy) is 1. The molecule has 0 aromatic heterocycles. The molecule has 1 rings (SSSR count). The third kappa shape index (κ3) is 4.26. The normalized spacial score (nSPS) is 29.2. The van der Waals surface area contributed by atoms with Crippen molar-refractivity contribution in [3.63, 3.8) is 0 Å². The fourth-order valence-electron chi connectivity index (χ4n) is 2.02. The van der Waals surface area contributed by atoms with Crippen LogP contribution in [0.4, 0.5) is 4.79 Å². The molecule has 1 amide bonds. The van der Waals surface area contributed by atoms with Crippen molar-refractivity contribution in [1.29, 1.82) is 5.26 Å². The summed E-state index contributed by atoms with van der Waals surface area (Å²) in [4.78, 5) is 11.7. The molecule has 0 unspecified atom stereocenters. The van der Waals surface area contributed by atoms with E-state index in [0.29, 0.717) is 18.8 Å². The summed E-state index contributed by atoms with van der Waals surface area (Å²) in [5.74, 6) is 0.636. The summed E-state index contributed by atoms with van der Waals surface area (Å²) in [5, 5.41) is 12.0. The van der Waals surface area contributed by atoms with Gasteiger partial charge in [-0.15, -0.1) is 0 Å². The highest BCUT2D eigenvalue weighted by Gasteiger charge is 2.36. The van der Waals surface area contributed by atoms with Gasteiger partial charge < -0.3 is 10.1 Å². The van der Waals surface area contributed by atoms with Crippen molar-refractivity contribution in [2.24, 2.45) is 5.92 Å². The van der Waals surface area contributed by atoms with Gasteiger partial charge in [0.05, 0.1) is 6.07 Å². The van der Waals surface area contributed by atoms with E-state index in [1.807, 2.05) is 20.8 Å². The molecule has 1 fully saturated rings. The maximum atomic E-state index is 11.7. The smallest absolute Gasteiger partial charge is 0.408 e. The van der Waals surface area contributed by atoms with Crippen LogP contribution in [-0.4, -0.2) is 17.2 Å². The summed E-state index contributed by atoms with van der Waals surface area (Å²) < 4.78 is 5.19. The number of carbonyl (C=O) groups excluding carboxylic acids is 1. The van der Waals surface area contributed by atoms with Gasteiger partial charge in [0.25, 0.3) is 0 Å². The Hall–Kier alpha value is -1.24. The summed E-state index contributed by atoms with van der Waals surface area (Å²) in [6.45, 7) is 7.62. The Morgan fingerprint density at radius 1 is 1.41 bits per heavy atom. The van der Waals surface area contributed by atoms with E-state index < -0.39 is 17.2 Å². The van der Waals surface area contributed by atoms with Gasteiger partial charge in [-0.05, 0) is 52.4 Å². The third-order valence-corrected chi connectivity index (χ3v) is 3.08. The van der Waals surface area contributed by atoms with E-state index in [1.54, 1.807) is 0 Å². The van der Waals surface area contributed by atoms with Crippen LogP contribution in [0.3, 0.4) is 0 Å². The molecular weight excluding hydrogens is 216 g/mol. The summed E-state index contributed by atoms with van der Waals surface area (Å²) in [6, 6.07) is 2.24. The largest absolute Gasteiger partial charge is 0.444 e. The van der Waals surface area contributed by atoms with Crippen LogP contribution in [-0.2, 0) is 4.74 Å². The van der Waals surface area contributed by atoms with Crippen molar-refractivity contribution < 1.29 is 9.53 Å². The topological polar surface area (TPSA) is 62.1 Å². The second-order valence-electron chi connectivity index (χ2n) is 6.00. The Morgan fingerprint density at radius 3 is 2.35 bits per heavy atom. The van der Waals surface area contributed by atoms with Crippen LogP contribution < -0.4 is 5.32 Å². The Kier molecular flexibility index (Phi) is 4.03. The molecule has 1 aliphatic rings. The Morgan fingerprint density at radius 2 is 1.94 bits per heavy atom. The molecule has 96 valence electrons. The minimum absolute atomic E-state index is 0.492. The fourth-order valence-corrected chi connectivity index (χ4v) is 2.02. The van der Waals surface area contributed by atoms with E-state index in [0.717, 1.165) is 12.8 Å². The Labute approximate surface area is 103 Å². The van der Waals surface area contributed by atoms with E-state index in [-0.39, 0.29) is 0 Å². The van der Waals surface area contributed by atoms with E-state index in [9.17, 15) is 10.1 Å². The standard InChI is InChI=1S/C13H22N2O2/c1-10-5-7-13(9-14,8-6-10)15-11(16)17-12(2,3)4/h10H,5-8H2,1-4H3,(H,15,16). The van der Waals surface area contributed by atoms with Gasteiger partial charge in [0.15, 0.2) is 0 Å². The zero-order valence-electron chi connectivity index (χ0n) is 11.2. The lowest BCUT2D eigenvalue weighted by Crippen LogP contribution is -2.50. The van der Waals surface area contributed by atoms with Gasteiger partial charge in [0.2, 0.25) is 0 Å². The molecule has 0 heterocycles. The molecule has 4 nitrogen and oxygen atoms in total. The van der Waals surface area contributed by atoms with Crippen LogP contribution in [0.15, 0.2) is 0 Å². The molecule has 1 aliphatic carbocycles. The van der Waals surface area contributed by atoms with Crippen LogP contribution in [0, 0.1) is 17.2 Å². The highest BCUT2D eigenvalue weighted by molar-refractivity contribution is 5.69. The van der Waals surface area contributed by atoms with Crippen LogP contribution in [0.5, 0.6) is 0 Å². The predicted octanol–water partition coefficient (Wildman–Crippen LogP) is 2.98. The quantitative estimate of drug-likeness (QED) is 0.763. The SMILES string of the molecule is CC1CCC(C#N)(NC(=O)OC(C)(C)C)CC1. The van der Waals surface area contributed by atoms with Crippen LogP contribution in [0.25, 0.3) is 0 Å². The van der Waals surface area contributed by atoms with E-state index >= 15 is 0 Å². The van der Waals surface area contributed by atoms with Gasteiger partial charge >= 0.3 is 6.09 Å². The number of carbonyl (C=O) groups is 1. The molecule has 1 N–H and O–H groups in total. The molecule has 0 atom stereocenters. The first-order chi connectivity index (χ1) is 7.76. The van der Waals surface area contributed by atoms with Gasteiger partial charge in [0, 0.05) is 0 Å². The van der Waals surface area contributed by atoms with Crippen LogP contribution >= 0.6 is 0 Å². The molecule has 0 aliphatic heterocycles. The maximum absolute atomic E-state index is 11.7. The predicted molar refractivity (Wildman–Crippen MR) is 65.3 cm³/mol. The fraction of sp³-hybridized carbons (Fsp3) is 0.846. The number of amides is 1. The third-order valence-electron chi connectivity index (χ3n) is 3.08. The van der Waals surface area contributed by atoms with E-state index in [1.165, 1.54) is 0 Å². The highest BCUT2D eigenvalue weighted by atomic mass is 16.6. The first-order valence-corrected chi connectivity index (χ1v) is 6.19. The number of alkyl carbamates (subject to hydrolysis) is 1. The maximum Gasteiger partial charge on any atom is 0.408 e. The van der Waals surface area contributed by atoms with Gasteiger partial charge in [-0.25, -0.2) is 4.79 Å². The lowest BCUT2D eigenvalue weighted by Gasteiger charge is -2.34. The molecule has 0 radical (unpaired) electrons. The molecule has 0 spiro atoms. The molecule has 17 heavy (non-hydrogen) atoms. The minimum atomic E-state index is -0.727. The minimum Gasteiger partial charge on any atom is -0.444 e. The molecule has 0 aromatic rings. The lowest BCUT2D eigenvalue weighted by atomic mass is 9.78. The number of nitrogens with zero attached hydrogens (tertiary/aromatic N) is 1. The Balaban J connectivity index is 2.59. The van der Waals surface area contributed by atoms with Crippen molar-refractivity contribution >= 4 is 6.09 Å². The van der Waals surface area contributed by atoms with Crippen LogP contribution in [0.2, 0.25) is 0 Å². The molecule has 0 aromatic carbocycles. The second kappa shape index (κ2) is 4.95. The van der Waals surface area contributed by atoms with E-state index in [4.69, 9.17) is 4.74 Å². The van der Waals surface area contributed by atoms with Gasteiger partial charge in [-0.1, -0.05) is 6.92 Å². The zero-order valence-corrected chi connectivity index (χ0v) is 11.2. The number of nitriles is 1. The molecular formula is C13H22N2O2. The summed E-state index contributed by atoms with van der Waals surface area (Å²) >= 11 is 0.